The van der Waals surface area contributed by atoms with Gasteiger partial charge in [-0.25, -0.2) is 0 Å². The summed E-state index contributed by atoms with van der Waals surface area (Å²) in [7, 11) is 0. The molecular formula is C17H18BrNO. The largest absolute Gasteiger partial charge is 0.493 e. The number of ether oxygens (including phenoxy) is 1. The molecule has 0 saturated heterocycles. The molecule has 0 radical (unpaired) electrons. The molecule has 1 heterocycles. The maximum Gasteiger partial charge on any atom is 0.127 e. The van der Waals surface area contributed by atoms with E-state index in [9.17, 15) is 0 Å². The number of halogens is 1. The Morgan fingerprint density at radius 2 is 1.95 bits per heavy atom. The molecule has 2 aromatic rings. The summed E-state index contributed by atoms with van der Waals surface area (Å²) in [5, 5.41) is 3.51. The van der Waals surface area contributed by atoms with E-state index in [2.05, 4.69) is 64.6 Å². The molecule has 1 aliphatic heterocycles. The van der Waals surface area contributed by atoms with E-state index in [1.165, 1.54) is 22.3 Å². The molecule has 1 aliphatic rings. The molecule has 0 amide bonds. The second-order valence-corrected chi connectivity index (χ2v) is 6.10. The number of aryl methyl sites for hydroxylation is 1. The summed E-state index contributed by atoms with van der Waals surface area (Å²) in [6.45, 7) is 4.66. The Morgan fingerprint density at radius 1 is 1.15 bits per heavy atom. The Hall–Kier alpha value is -1.32. The van der Waals surface area contributed by atoms with Gasteiger partial charge in [0.15, 0.2) is 0 Å². The first-order valence-corrected chi connectivity index (χ1v) is 7.72. The first-order valence-electron chi connectivity index (χ1n) is 6.93. The SMILES string of the molecule is Cc1ccccc1CNCc1cc(Br)cc2c1OCC2. The molecule has 0 aromatic heterocycles. The highest BCUT2D eigenvalue weighted by Gasteiger charge is 2.17. The first kappa shape index (κ1) is 13.7. The molecular weight excluding hydrogens is 314 g/mol. The summed E-state index contributed by atoms with van der Waals surface area (Å²) < 4.78 is 6.88. The van der Waals surface area contributed by atoms with Crippen molar-refractivity contribution >= 4 is 15.9 Å². The van der Waals surface area contributed by atoms with Crippen molar-refractivity contribution in [1.29, 1.82) is 0 Å². The minimum atomic E-state index is 0.802. The monoisotopic (exact) mass is 331 g/mol. The summed E-state index contributed by atoms with van der Waals surface area (Å²) in [5.41, 5.74) is 5.23. The first-order chi connectivity index (χ1) is 9.74. The lowest BCUT2D eigenvalue weighted by molar-refractivity contribution is 0.352. The number of fused-ring (bicyclic) bond motifs is 1. The Bertz CT molecular complexity index is 624. The molecule has 0 aliphatic carbocycles. The van der Waals surface area contributed by atoms with Crippen LogP contribution in [0.5, 0.6) is 5.75 Å². The molecule has 1 N–H and O–H groups in total. The highest BCUT2D eigenvalue weighted by atomic mass is 79.9. The van der Waals surface area contributed by atoms with Gasteiger partial charge >= 0.3 is 0 Å². The highest BCUT2D eigenvalue weighted by Crippen LogP contribution is 2.32. The van der Waals surface area contributed by atoms with Crippen molar-refractivity contribution in [1.82, 2.24) is 5.32 Å². The zero-order valence-electron chi connectivity index (χ0n) is 11.6. The van der Waals surface area contributed by atoms with Crippen LogP contribution in [0.3, 0.4) is 0 Å². The fourth-order valence-electron chi connectivity index (χ4n) is 2.62. The highest BCUT2D eigenvalue weighted by molar-refractivity contribution is 9.10. The molecule has 0 bridgehead atoms. The number of rotatable bonds is 4. The number of nitrogens with one attached hydrogen (secondary N) is 1. The topological polar surface area (TPSA) is 21.3 Å². The summed E-state index contributed by atoms with van der Waals surface area (Å²) in [4.78, 5) is 0. The van der Waals surface area contributed by atoms with E-state index >= 15 is 0 Å². The Morgan fingerprint density at radius 3 is 2.80 bits per heavy atom. The van der Waals surface area contributed by atoms with Gasteiger partial charge in [0.05, 0.1) is 6.61 Å². The van der Waals surface area contributed by atoms with Gasteiger partial charge in [-0.3, -0.25) is 0 Å². The van der Waals surface area contributed by atoms with Crippen molar-refractivity contribution in [3.63, 3.8) is 0 Å². The Labute approximate surface area is 128 Å². The lowest BCUT2D eigenvalue weighted by atomic mass is 10.1. The molecule has 20 heavy (non-hydrogen) atoms. The van der Waals surface area contributed by atoms with E-state index in [-0.39, 0.29) is 0 Å². The minimum Gasteiger partial charge on any atom is -0.493 e. The van der Waals surface area contributed by atoms with Gasteiger partial charge < -0.3 is 10.1 Å². The zero-order chi connectivity index (χ0) is 13.9. The van der Waals surface area contributed by atoms with Gasteiger partial charge in [0.1, 0.15) is 5.75 Å². The second kappa shape index (κ2) is 5.98. The molecule has 3 rings (SSSR count). The smallest absolute Gasteiger partial charge is 0.127 e. The second-order valence-electron chi connectivity index (χ2n) is 5.18. The van der Waals surface area contributed by atoms with E-state index in [0.29, 0.717) is 0 Å². The van der Waals surface area contributed by atoms with Gasteiger partial charge in [-0.05, 0) is 35.7 Å². The van der Waals surface area contributed by atoms with Crippen LogP contribution in [0.4, 0.5) is 0 Å². The van der Waals surface area contributed by atoms with Gasteiger partial charge in [-0.1, -0.05) is 40.2 Å². The van der Waals surface area contributed by atoms with Gasteiger partial charge in [-0.15, -0.1) is 0 Å². The van der Waals surface area contributed by atoms with Crippen molar-refractivity contribution in [2.75, 3.05) is 6.61 Å². The molecule has 2 aromatic carbocycles. The van der Waals surface area contributed by atoms with Crippen LogP contribution in [0.25, 0.3) is 0 Å². The van der Waals surface area contributed by atoms with Crippen molar-refractivity contribution in [3.8, 4) is 5.75 Å². The summed E-state index contributed by atoms with van der Waals surface area (Å²) in [6.07, 6.45) is 1.01. The Kier molecular flexibility index (Phi) is 4.08. The predicted octanol–water partition coefficient (Wildman–Crippen LogP) is 3.98. The third-order valence-electron chi connectivity index (χ3n) is 3.72. The molecule has 0 atom stereocenters. The number of benzene rings is 2. The van der Waals surface area contributed by atoms with Crippen LogP contribution in [0.15, 0.2) is 40.9 Å². The van der Waals surface area contributed by atoms with Crippen LogP contribution in [0.2, 0.25) is 0 Å². The summed E-state index contributed by atoms with van der Waals surface area (Å²) >= 11 is 3.58. The molecule has 0 saturated carbocycles. The average molecular weight is 332 g/mol. The fourth-order valence-corrected chi connectivity index (χ4v) is 3.17. The summed E-state index contributed by atoms with van der Waals surface area (Å²) in [5.74, 6) is 1.07. The van der Waals surface area contributed by atoms with Crippen LogP contribution in [0.1, 0.15) is 22.3 Å². The van der Waals surface area contributed by atoms with Crippen LogP contribution in [-0.4, -0.2) is 6.61 Å². The van der Waals surface area contributed by atoms with Crippen LogP contribution in [-0.2, 0) is 19.5 Å². The van der Waals surface area contributed by atoms with E-state index < -0.39 is 0 Å². The summed E-state index contributed by atoms with van der Waals surface area (Å²) in [6, 6.07) is 12.8. The van der Waals surface area contributed by atoms with Crippen LogP contribution in [0, 0.1) is 6.92 Å². The van der Waals surface area contributed by atoms with Gasteiger partial charge in [-0.2, -0.15) is 0 Å². The van der Waals surface area contributed by atoms with Crippen LogP contribution < -0.4 is 10.1 Å². The molecule has 0 fully saturated rings. The normalized spacial score (nSPS) is 13.1. The maximum atomic E-state index is 5.75. The van der Waals surface area contributed by atoms with E-state index in [4.69, 9.17) is 4.74 Å². The fraction of sp³-hybridized carbons (Fsp3) is 0.294. The molecule has 0 spiro atoms. The van der Waals surface area contributed by atoms with Crippen molar-refractivity contribution in [2.45, 2.75) is 26.4 Å². The quantitative estimate of drug-likeness (QED) is 0.914. The zero-order valence-corrected chi connectivity index (χ0v) is 13.2. The van der Waals surface area contributed by atoms with E-state index in [1.54, 1.807) is 0 Å². The molecule has 0 unspecified atom stereocenters. The minimum absolute atomic E-state index is 0.802. The lowest BCUT2D eigenvalue weighted by Gasteiger charge is -2.11. The molecule has 3 heteroatoms. The maximum absolute atomic E-state index is 5.75. The van der Waals surface area contributed by atoms with Gasteiger partial charge in [0.25, 0.3) is 0 Å². The standard InChI is InChI=1S/C17H18BrNO/c1-12-4-2-3-5-14(12)10-19-11-15-9-16(18)8-13-6-7-20-17(13)15/h2-5,8-9,19H,6-7,10-11H2,1H3. The number of hydrogen-bond donors (Lipinski definition) is 1. The Balaban J connectivity index is 1.69. The third-order valence-corrected chi connectivity index (χ3v) is 4.18. The van der Waals surface area contributed by atoms with Crippen molar-refractivity contribution in [2.24, 2.45) is 0 Å². The van der Waals surface area contributed by atoms with Crippen molar-refractivity contribution in [3.05, 3.63) is 63.1 Å². The number of hydrogen-bond acceptors (Lipinski definition) is 2. The molecule has 104 valence electrons. The average Bonchev–Trinajstić information content (AvgIpc) is 2.89. The van der Waals surface area contributed by atoms with Gasteiger partial charge in [0.2, 0.25) is 0 Å². The van der Waals surface area contributed by atoms with E-state index in [1.807, 2.05) is 0 Å². The molecule has 2 nitrogen and oxygen atoms in total. The van der Waals surface area contributed by atoms with Crippen LogP contribution >= 0.6 is 15.9 Å². The third kappa shape index (κ3) is 2.89. The van der Waals surface area contributed by atoms with Crippen molar-refractivity contribution < 1.29 is 4.74 Å². The van der Waals surface area contributed by atoms with E-state index in [0.717, 1.165) is 36.3 Å². The predicted molar refractivity (Wildman–Crippen MR) is 85.1 cm³/mol. The van der Waals surface area contributed by atoms with Gasteiger partial charge in [0, 0.05) is 29.5 Å². The lowest BCUT2D eigenvalue weighted by Crippen LogP contribution is -2.14.